The monoisotopic (exact) mass is 525 g/mol. The predicted octanol–water partition coefficient (Wildman–Crippen LogP) is 3.14. The minimum absolute atomic E-state index is 0.117. The number of likely N-dealkylation sites (tertiary alicyclic amines) is 1. The van der Waals surface area contributed by atoms with E-state index in [-0.39, 0.29) is 12.5 Å². The molecule has 5 rings (SSSR count). The van der Waals surface area contributed by atoms with Gasteiger partial charge in [0.05, 0.1) is 24.2 Å². The largest absolute Gasteiger partial charge is 0.395 e. The fraction of sp³-hybridized carbons (Fsp3) is 0.462. The number of fused-ring (bicyclic) bond motifs is 1. The van der Waals surface area contributed by atoms with E-state index in [0.717, 1.165) is 85.7 Å². The topological polar surface area (TPSA) is 64.8 Å². The number of piperazine rings is 1. The summed E-state index contributed by atoms with van der Waals surface area (Å²) >= 11 is 3.54. The third-order valence-corrected chi connectivity index (χ3v) is 7.65. The van der Waals surface area contributed by atoms with Crippen LogP contribution in [0.1, 0.15) is 18.7 Å². The minimum Gasteiger partial charge on any atom is -0.395 e. The zero-order chi connectivity index (χ0) is 23.5. The molecule has 3 aromatic rings. The first-order valence-electron chi connectivity index (χ1n) is 12.2. The van der Waals surface area contributed by atoms with E-state index in [1.165, 1.54) is 0 Å². The van der Waals surface area contributed by atoms with Crippen LogP contribution in [-0.2, 0) is 11.3 Å². The maximum absolute atomic E-state index is 13.1. The molecule has 0 saturated carbocycles. The van der Waals surface area contributed by atoms with Crippen LogP contribution in [0, 0.1) is 5.92 Å². The van der Waals surface area contributed by atoms with E-state index in [2.05, 4.69) is 72.8 Å². The Hall–Kier alpha value is -2.26. The minimum atomic E-state index is 0.117. The lowest BCUT2D eigenvalue weighted by atomic mass is 9.95. The summed E-state index contributed by atoms with van der Waals surface area (Å²) in [4.78, 5) is 24.7. The van der Waals surface area contributed by atoms with Gasteiger partial charge in [-0.3, -0.25) is 19.2 Å². The van der Waals surface area contributed by atoms with Gasteiger partial charge in [0.1, 0.15) is 5.82 Å². The molecule has 2 saturated heterocycles. The third-order valence-electron chi connectivity index (χ3n) is 7.12. The van der Waals surface area contributed by atoms with E-state index < -0.39 is 0 Å². The maximum Gasteiger partial charge on any atom is 0.225 e. The SMILES string of the molecule is O=C(C1CCN(Cc2nc3ccccc3n2-c2ccc(Br)cc2)CC1)N1CCN(CCO)CC1. The molecule has 0 unspecified atom stereocenters. The van der Waals surface area contributed by atoms with Gasteiger partial charge in [-0.25, -0.2) is 4.98 Å². The van der Waals surface area contributed by atoms with Crippen molar-refractivity contribution in [3.8, 4) is 5.69 Å². The molecule has 2 aliphatic rings. The van der Waals surface area contributed by atoms with E-state index in [1.54, 1.807) is 0 Å². The summed E-state index contributed by atoms with van der Waals surface area (Å²) in [7, 11) is 0. The Morgan fingerprint density at radius 2 is 1.65 bits per heavy atom. The summed E-state index contributed by atoms with van der Waals surface area (Å²) in [6, 6.07) is 16.6. The van der Waals surface area contributed by atoms with E-state index >= 15 is 0 Å². The van der Waals surface area contributed by atoms with Crippen LogP contribution < -0.4 is 0 Å². The number of aliphatic hydroxyl groups excluding tert-OH is 1. The van der Waals surface area contributed by atoms with Crippen molar-refractivity contribution < 1.29 is 9.90 Å². The normalized spacial score (nSPS) is 18.6. The molecule has 180 valence electrons. The molecule has 0 spiro atoms. The number of para-hydroxylation sites is 2. The zero-order valence-corrected chi connectivity index (χ0v) is 21.0. The van der Waals surface area contributed by atoms with Crippen LogP contribution in [0.15, 0.2) is 53.0 Å². The van der Waals surface area contributed by atoms with Gasteiger partial charge in [-0.05, 0) is 62.3 Å². The Balaban J connectivity index is 1.24. The van der Waals surface area contributed by atoms with E-state index in [0.29, 0.717) is 12.5 Å². The lowest BCUT2D eigenvalue weighted by Gasteiger charge is -2.38. The molecule has 2 aromatic carbocycles. The summed E-state index contributed by atoms with van der Waals surface area (Å²) in [5.41, 5.74) is 3.23. The van der Waals surface area contributed by atoms with Crippen molar-refractivity contribution in [2.24, 2.45) is 5.92 Å². The number of benzene rings is 2. The number of aliphatic hydroxyl groups is 1. The second kappa shape index (κ2) is 10.6. The van der Waals surface area contributed by atoms with Crippen LogP contribution in [-0.4, -0.2) is 87.7 Å². The Labute approximate surface area is 209 Å². The summed E-state index contributed by atoms with van der Waals surface area (Å²) in [5, 5.41) is 9.13. The van der Waals surface area contributed by atoms with Gasteiger partial charge in [-0.1, -0.05) is 28.1 Å². The number of hydrogen-bond acceptors (Lipinski definition) is 5. The van der Waals surface area contributed by atoms with Crippen LogP contribution in [0.4, 0.5) is 0 Å². The standard InChI is InChI=1S/C26H32BrN5O2/c27-21-5-7-22(8-6-21)32-24-4-2-1-3-23(24)28-25(32)19-30-11-9-20(10-12-30)26(34)31-15-13-29(14-16-31)17-18-33/h1-8,20,33H,9-19H2. The fourth-order valence-corrected chi connectivity index (χ4v) is 5.45. The summed E-state index contributed by atoms with van der Waals surface area (Å²) in [6.07, 6.45) is 1.79. The quantitative estimate of drug-likeness (QED) is 0.535. The summed E-state index contributed by atoms with van der Waals surface area (Å²) < 4.78 is 3.31. The number of aromatic nitrogens is 2. The zero-order valence-electron chi connectivity index (χ0n) is 19.4. The van der Waals surface area contributed by atoms with E-state index in [9.17, 15) is 4.79 Å². The van der Waals surface area contributed by atoms with Gasteiger partial charge in [0.15, 0.2) is 0 Å². The van der Waals surface area contributed by atoms with Crippen molar-refractivity contribution in [2.75, 3.05) is 52.4 Å². The van der Waals surface area contributed by atoms with Crippen LogP contribution in [0.3, 0.4) is 0 Å². The first kappa shape index (κ1) is 23.5. The molecule has 1 amide bonds. The highest BCUT2D eigenvalue weighted by atomic mass is 79.9. The lowest BCUT2D eigenvalue weighted by molar-refractivity contribution is -0.139. The Morgan fingerprint density at radius 3 is 2.35 bits per heavy atom. The van der Waals surface area contributed by atoms with Gasteiger partial charge < -0.3 is 10.0 Å². The molecule has 2 fully saturated rings. The molecule has 1 N–H and O–H groups in total. The molecular formula is C26H32BrN5O2. The van der Waals surface area contributed by atoms with Gasteiger partial charge in [0, 0.05) is 48.8 Å². The molecular weight excluding hydrogens is 494 g/mol. The number of carbonyl (C=O) groups is 1. The van der Waals surface area contributed by atoms with Gasteiger partial charge in [-0.15, -0.1) is 0 Å². The summed E-state index contributed by atoms with van der Waals surface area (Å²) in [6.45, 7) is 6.73. The second-order valence-corrected chi connectivity index (χ2v) is 10.2. The van der Waals surface area contributed by atoms with Crippen molar-refractivity contribution in [1.29, 1.82) is 0 Å². The van der Waals surface area contributed by atoms with Gasteiger partial charge >= 0.3 is 0 Å². The Kier molecular flexibility index (Phi) is 7.29. The highest BCUT2D eigenvalue weighted by Crippen LogP contribution is 2.26. The first-order valence-corrected chi connectivity index (χ1v) is 13.0. The molecule has 3 heterocycles. The molecule has 7 nitrogen and oxygen atoms in total. The molecule has 0 bridgehead atoms. The van der Waals surface area contributed by atoms with Gasteiger partial charge in [-0.2, -0.15) is 0 Å². The van der Waals surface area contributed by atoms with Crippen LogP contribution >= 0.6 is 15.9 Å². The number of rotatable bonds is 6. The van der Waals surface area contributed by atoms with Crippen molar-refractivity contribution in [3.05, 3.63) is 58.8 Å². The van der Waals surface area contributed by atoms with Crippen LogP contribution in [0.2, 0.25) is 0 Å². The Bertz CT molecular complexity index is 1120. The number of piperidine rings is 1. The molecule has 0 aliphatic carbocycles. The van der Waals surface area contributed by atoms with E-state index in [4.69, 9.17) is 10.1 Å². The number of nitrogens with zero attached hydrogens (tertiary/aromatic N) is 5. The highest BCUT2D eigenvalue weighted by molar-refractivity contribution is 9.10. The molecule has 34 heavy (non-hydrogen) atoms. The van der Waals surface area contributed by atoms with Crippen LogP contribution in [0.25, 0.3) is 16.7 Å². The summed E-state index contributed by atoms with van der Waals surface area (Å²) in [5.74, 6) is 1.46. The van der Waals surface area contributed by atoms with Crippen molar-refractivity contribution in [1.82, 2.24) is 24.3 Å². The number of β-amino-alcohol motifs (C(OH)–C–C–N with tert-alkyl or cyclic N) is 1. The second-order valence-electron chi connectivity index (χ2n) is 9.27. The van der Waals surface area contributed by atoms with Crippen molar-refractivity contribution in [2.45, 2.75) is 19.4 Å². The molecule has 8 heteroatoms. The smallest absolute Gasteiger partial charge is 0.225 e. The molecule has 0 atom stereocenters. The molecule has 1 aromatic heterocycles. The number of imidazole rings is 1. The molecule has 2 aliphatic heterocycles. The predicted molar refractivity (Wildman–Crippen MR) is 137 cm³/mol. The van der Waals surface area contributed by atoms with Crippen LogP contribution in [0.5, 0.6) is 0 Å². The average molecular weight is 526 g/mol. The van der Waals surface area contributed by atoms with E-state index in [1.807, 2.05) is 11.0 Å². The van der Waals surface area contributed by atoms with Gasteiger partial charge in [0.2, 0.25) is 5.91 Å². The average Bonchev–Trinajstić information content (AvgIpc) is 3.23. The number of amides is 1. The number of carbonyl (C=O) groups excluding carboxylic acids is 1. The molecule has 0 radical (unpaired) electrons. The maximum atomic E-state index is 13.1. The lowest BCUT2D eigenvalue weighted by Crippen LogP contribution is -2.52. The third kappa shape index (κ3) is 5.05. The Morgan fingerprint density at radius 1 is 0.941 bits per heavy atom. The first-order chi connectivity index (χ1) is 16.6. The van der Waals surface area contributed by atoms with Crippen molar-refractivity contribution in [3.63, 3.8) is 0 Å². The number of hydrogen-bond donors (Lipinski definition) is 1. The fourth-order valence-electron chi connectivity index (χ4n) is 5.19. The van der Waals surface area contributed by atoms with Crippen molar-refractivity contribution >= 4 is 32.9 Å². The highest BCUT2D eigenvalue weighted by Gasteiger charge is 2.31. The number of halogens is 1. The van der Waals surface area contributed by atoms with Gasteiger partial charge in [0.25, 0.3) is 0 Å².